The van der Waals surface area contributed by atoms with Crippen LogP contribution in [0.25, 0.3) is 0 Å². The molecule has 0 heterocycles. The van der Waals surface area contributed by atoms with Crippen LogP contribution in [-0.2, 0) is 4.79 Å². The van der Waals surface area contributed by atoms with Gasteiger partial charge in [0.15, 0.2) is 0 Å². The molecule has 6 heteroatoms. The van der Waals surface area contributed by atoms with E-state index in [-0.39, 0.29) is 6.54 Å². The molecule has 1 unspecified atom stereocenters. The van der Waals surface area contributed by atoms with E-state index < -0.39 is 17.9 Å². The van der Waals surface area contributed by atoms with Gasteiger partial charge in [0, 0.05) is 16.7 Å². The molecule has 1 aromatic rings. The van der Waals surface area contributed by atoms with Gasteiger partial charge in [0.25, 0.3) is 0 Å². The van der Waals surface area contributed by atoms with Crippen molar-refractivity contribution in [2.75, 3.05) is 11.9 Å². The maximum Gasteiger partial charge on any atom is 0.319 e. The van der Waals surface area contributed by atoms with Crippen LogP contribution in [0.15, 0.2) is 22.7 Å². The highest BCUT2D eigenvalue weighted by Gasteiger charge is 2.12. The summed E-state index contributed by atoms with van der Waals surface area (Å²) in [5.74, 6) is -1.54. The zero-order chi connectivity index (χ0) is 13.7. The van der Waals surface area contributed by atoms with Crippen LogP contribution in [0.5, 0.6) is 0 Å². The molecule has 1 atom stereocenters. The first-order valence-electron chi connectivity index (χ1n) is 5.44. The SMILES string of the molecule is Cc1cc(NC(=O)NCC(C)C(=O)O)ccc1Br. The second-order valence-corrected chi connectivity index (χ2v) is 4.89. The maximum atomic E-state index is 11.5. The third-order valence-corrected chi connectivity index (χ3v) is 3.30. The molecule has 0 aliphatic heterocycles. The summed E-state index contributed by atoms with van der Waals surface area (Å²) >= 11 is 3.37. The minimum absolute atomic E-state index is 0.0939. The number of carbonyl (C=O) groups excluding carboxylic acids is 1. The molecule has 0 fully saturated rings. The van der Waals surface area contributed by atoms with Gasteiger partial charge < -0.3 is 15.7 Å². The fourth-order valence-electron chi connectivity index (χ4n) is 1.23. The van der Waals surface area contributed by atoms with Crippen molar-refractivity contribution >= 4 is 33.6 Å². The van der Waals surface area contributed by atoms with Gasteiger partial charge in [-0.05, 0) is 30.7 Å². The number of aryl methyl sites for hydroxylation is 1. The van der Waals surface area contributed by atoms with Gasteiger partial charge in [0.2, 0.25) is 0 Å². The summed E-state index contributed by atoms with van der Waals surface area (Å²) < 4.78 is 0.966. The van der Waals surface area contributed by atoms with Crippen molar-refractivity contribution in [2.24, 2.45) is 5.92 Å². The summed E-state index contributed by atoms with van der Waals surface area (Å²) in [6, 6.07) is 5.01. The molecule has 0 bridgehead atoms. The lowest BCUT2D eigenvalue weighted by molar-refractivity contribution is -0.140. The Morgan fingerprint density at radius 3 is 2.67 bits per heavy atom. The van der Waals surface area contributed by atoms with Crippen molar-refractivity contribution in [2.45, 2.75) is 13.8 Å². The highest BCUT2D eigenvalue weighted by molar-refractivity contribution is 9.10. The standard InChI is InChI=1S/C12H15BrN2O3/c1-7-5-9(3-4-10(7)13)15-12(18)14-6-8(2)11(16)17/h3-5,8H,6H2,1-2H3,(H,16,17)(H2,14,15,18). The Kier molecular flexibility index (Phi) is 5.15. The maximum absolute atomic E-state index is 11.5. The number of amides is 2. The number of rotatable bonds is 4. The Morgan fingerprint density at radius 1 is 1.44 bits per heavy atom. The van der Waals surface area contributed by atoms with Crippen molar-refractivity contribution in [1.82, 2.24) is 5.32 Å². The van der Waals surface area contributed by atoms with Crippen LogP contribution in [0, 0.1) is 12.8 Å². The van der Waals surface area contributed by atoms with Crippen LogP contribution in [0.2, 0.25) is 0 Å². The number of anilines is 1. The van der Waals surface area contributed by atoms with Gasteiger partial charge in [-0.15, -0.1) is 0 Å². The van der Waals surface area contributed by atoms with Gasteiger partial charge in [-0.2, -0.15) is 0 Å². The van der Waals surface area contributed by atoms with Crippen molar-refractivity contribution in [1.29, 1.82) is 0 Å². The predicted octanol–water partition coefficient (Wildman–Crippen LogP) is 2.60. The third kappa shape index (κ3) is 4.37. The van der Waals surface area contributed by atoms with Gasteiger partial charge >= 0.3 is 12.0 Å². The van der Waals surface area contributed by atoms with E-state index in [1.165, 1.54) is 6.92 Å². The molecule has 2 amide bonds. The van der Waals surface area contributed by atoms with E-state index in [2.05, 4.69) is 26.6 Å². The van der Waals surface area contributed by atoms with E-state index in [1.54, 1.807) is 6.07 Å². The molecule has 0 saturated carbocycles. The second-order valence-electron chi connectivity index (χ2n) is 4.04. The molecular formula is C12H15BrN2O3. The molecule has 0 radical (unpaired) electrons. The van der Waals surface area contributed by atoms with E-state index in [0.717, 1.165) is 10.0 Å². The number of carbonyl (C=O) groups is 2. The van der Waals surface area contributed by atoms with Crippen molar-refractivity contribution < 1.29 is 14.7 Å². The van der Waals surface area contributed by atoms with E-state index >= 15 is 0 Å². The quantitative estimate of drug-likeness (QED) is 0.799. The third-order valence-electron chi connectivity index (χ3n) is 2.41. The van der Waals surface area contributed by atoms with Gasteiger partial charge in [-0.25, -0.2) is 4.79 Å². The van der Waals surface area contributed by atoms with Crippen molar-refractivity contribution in [3.05, 3.63) is 28.2 Å². The minimum atomic E-state index is -0.935. The molecule has 0 aliphatic rings. The first-order chi connectivity index (χ1) is 8.40. The molecular weight excluding hydrogens is 300 g/mol. The number of hydrogen-bond acceptors (Lipinski definition) is 2. The van der Waals surface area contributed by atoms with Crippen LogP contribution in [0.4, 0.5) is 10.5 Å². The summed E-state index contributed by atoms with van der Waals surface area (Å²) in [5, 5.41) is 13.8. The van der Waals surface area contributed by atoms with E-state index in [9.17, 15) is 9.59 Å². The Labute approximate surface area is 114 Å². The lowest BCUT2D eigenvalue weighted by Crippen LogP contribution is -2.34. The Bertz CT molecular complexity index is 463. The largest absolute Gasteiger partial charge is 0.481 e. The zero-order valence-electron chi connectivity index (χ0n) is 10.2. The number of aliphatic carboxylic acids is 1. The number of carboxylic acid groups (broad SMARTS) is 1. The Morgan fingerprint density at radius 2 is 2.11 bits per heavy atom. The molecule has 1 aromatic carbocycles. The van der Waals surface area contributed by atoms with E-state index in [1.807, 2.05) is 19.1 Å². The number of benzene rings is 1. The Hall–Kier alpha value is -1.56. The fraction of sp³-hybridized carbons (Fsp3) is 0.333. The number of carboxylic acids is 1. The molecule has 0 saturated heterocycles. The average molecular weight is 315 g/mol. The zero-order valence-corrected chi connectivity index (χ0v) is 11.7. The first kappa shape index (κ1) is 14.5. The first-order valence-corrected chi connectivity index (χ1v) is 6.23. The van der Waals surface area contributed by atoms with Crippen LogP contribution >= 0.6 is 15.9 Å². The van der Waals surface area contributed by atoms with E-state index in [0.29, 0.717) is 5.69 Å². The molecule has 0 spiro atoms. The topological polar surface area (TPSA) is 78.4 Å². The summed E-state index contributed by atoms with van der Waals surface area (Å²) in [7, 11) is 0. The predicted molar refractivity (Wildman–Crippen MR) is 72.7 cm³/mol. The summed E-state index contributed by atoms with van der Waals surface area (Å²) in [6.45, 7) is 3.54. The lowest BCUT2D eigenvalue weighted by Gasteiger charge is -2.10. The van der Waals surface area contributed by atoms with Crippen molar-refractivity contribution in [3.8, 4) is 0 Å². The van der Waals surface area contributed by atoms with E-state index in [4.69, 9.17) is 5.11 Å². The molecule has 0 aromatic heterocycles. The fourth-order valence-corrected chi connectivity index (χ4v) is 1.48. The van der Waals surface area contributed by atoms with Gasteiger partial charge in [0.1, 0.15) is 0 Å². The highest BCUT2D eigenvalue weighted by Crippen LogP contribution is 2.19. The molecule has 1 rings (SSSR count). The van der Waals surface area contributed by atoms with Gasteiger partial charge in [0.05, 0.1) is 5.92 Å². The average Bonchev–Trinajstić information content (AvgIpc) is 2.30. The smallest absolute Gasteiger partial charge is 0.319 e. The summed E-state index contributed by atoms with van der Waals surface area (Å²) in [4.78, 5) is 22.1. The van der Waals surface area contributed by atoms with Gasteiger partial charge in [-0.1, -0.05) is 22.9 Å². The van der Waals surface area contributed by atoms with Gasteiger partial charge in [-0.3, -0.25) is 4.79 Å². The highest BCUT2D eigenvalue weighted by atomic mass is 79.9. The summed E-state index contributed by atoms with van der Waals surface area (Å²) in [5.41, 5.74) is 1.67. The molecule has 3 N–H and O–H groups in total. The minimum Gasteiger partial charge on any atom is -0.481 e. The Balaban J connectivity index is 2.49. The molecule has 5 nitrogen and oxygen atoms in total. The number of nitrogens with one attached hydrogen (secondary N) is 2. The molecule has 0 aliphatic carbocycles. The van der Waals surface area contributed by atoms with Crippen LogP contribution in [0.1, 0.15) is 12.5 Å². The van der Waals surface area contributed by atoms with Crippen molar-refractivity contribution in [3.63, 3.8) is 0 Å². The van der Waals surface area contributed by atoms with Crippen LogP contribution < -0.4 is 10.6 Å². The normalized spacial score (nSPS) is 11.7. The lowest BCUT2D eigenvalue weighted by atomic mass is 10.2. The summed E-state index contributed by atoms with van der Waals surface area (Å²) in [6.07, 6.45) is 0. The second kappa shape index (κ2) is 6.39. The monoisotopic (exact) mass is 314 g/mol. The van der Waals surface area contributed by atoms with Crippen LogP contribution in [0.3, 0.4) is 0 Å². The molecule has 98 valence electrons. The number of hydrogen-bond donors (Lipinski definition) is 3. The number of urea groups is 1. The van der Waals surface area contributed by atoms with Crippen LogP contribution in [-0.4, -0.2) is 23.7 Å². The number of halogens is 1. The molecule has 18 heavy (non-hydrogen) atoms.